The summed E-state index contributed by atoms with van der Waals surface area (Å²) in [5, 5.41) is 9.05. The van der Waals surface area contributed by atoms with Crippen LogP contribution in [0.25, 0.3) is 0 Å². The number of ketones is 1. The van der Waals surface area contributed by atoms with E-state index in [9.17, 15) is 9.59 Å². The number of hydrogen-bond donors (Lipinski definition) is 1. The molecule has 1 aliphatic heterocycles. The SMILES string of the molecule is C=CCCC1(C(=O)O)COCCC1=O. The largest absolute Gasteiger partial charge is 0.480 e. The Morgan fingerprint density at radius 2 is 2.43 bits per heavy atom. The lowest BCUT2D eigenvalue weighted by molar-refractivity contribution is -0.164. The third-order valence-electron chi connectivity index (χ3n) is 2.54. The molecule has 4 nitrogen and oxygen atoms in total. The highest BCUT2D eigenvalue weighted by Crippen LogP contribution is 2.31. The van der Waals surface area contributed by atoms with Crippen molar-refractivity contribution in [3.63, 3.8) is 0 Å². The van der Waals surface area contributed by atoms with E-state index >= 15 is 0 Å². The Morgan fingerprint density at radius 3 is 2.93 bits per heavy atom. The number of carboxylic acids is 1. The summed E-state index contributed by atoms with van der Waals surface area (Å²) in [5.74, 6) is -1.30. The van der Waals surface area contributed by atoms with Crippen molar-refractivity contribution in [2.24, 2.45) is 5.41 Å². The van der Waals surface area contributed by atoms with Gasteiger partial charge in [-0.05, 0) is 12.8 Å². The predicted molar refractivity (Wildman–Crippen MR) is 49.9 cm³/mol. The van der Waals surface area contributed by atoms with Gasteiger partial charge >= 0.3 is 5.97 Å². The van der Waals surface area contributed by atoms with Gasteiger partial charge < -0.3 is 9.84 Å². The van der Waals surface area contributed by atoms with E-state index in [-0.39, 0.29) is 25.2 Å². The Hall–Kier alpha value is -1.16. The topological polar surface area (TPSA) is 63.6 Å². The van der Waals surface area contributed by atoms with Gasteiger partial charge in [-0.15, -0.1) is 6.58 Å². The van der Waals surface area contributed by atoms with E-state index in [0.717, 1.165) is 0 Å². The number of hydrogen-bond acceptors (Lipinski definition) is 3. The summed E-state index contributed by atoms with van der Waals surface area (Å²) < 4.78 is 5.08. The van der Waals surface area contributed by atoms with E-state index in [1.807, 2.05) is 0 Å². The van der Waals surface area contributed by atoms with Gasteiger partial charge in [0.2, 0.25) is 0 Å². The van der Waals surface area contributed by atoms with E-state index < -0.39 is 11.4 Å². The molecule has 1 unspecified atom stereocenters. The molecule has 14 heavy (non-hydrogen) atoms. The molecule has 4 heteroatoms. The zero-order valence-electron chi connectivity index (χ0n) is 7.99. The lowest BCUT2D eigenvalue weighted by Gasteiger charge is -2.31. The second kappa shape index (κ2) is 4.37. The van der Waals surface area contributed by atoms with Crippen LogP contribution in [0, 0.1) is 5.41 Å². The van der Waals surface area contributed by atoms with Crippen LogP contribution in [0.5, 0.6) is 0 Å². The van der Waals surface area contributed by atoms with Gasteiger partial charge in [-0.25, -0.2) is 0 Å². The van der Waals surface area contributed by atoms with Gasteiger partial charge in [0.1, 0.15) is 5.41 Å². The Labute approximate surface area is 82.6 Å². The molecule has 1 saturated heterocycles. The number of carbonyl (C=O) groups is 2. The standard InChI is InChI=1S/C10H14O4/c1-2-3-5-10(9(12)13)7-14-6-4-8(10)11/h2H,1,3-7H2,(H,12,13). The Morgan fingerprint density at radius 1 is 1.71 bits per heavy atom. The Balaban J connectivity index is 2.83. The minimum atomic E-state index is -1.33. The third kappa shape index (κ3) is 1.85. The molecule has 1 N–H and O–H groups in total. The summed E-state index contributed by atoms with van der Waals surface area (Å²) in [6.45, 7) is 3.85. The van der Waals surface area contributed by atoms with Crippen LogP contribution in [0.1, 0.15) is 19.3 Å². The summed E-state index contributed by atoms with van der Waals surface area (Å²) in [4.78, 5) is 22.6. The molecule has 1 rings (SSSR count). The van der Waals surface area contributed by atoms with Crippen molar-refractivity contribution < 1.29 is 19.4 Å². The molecule has 1 atom stereocenters. The smallest absolute Gasteiger partial charge is 0.319 e. The first kappa shape index (κ1) is 10.9. The van der Waals surface area contributed by atoms with E-state index in [0.29, 0.717) is 13.0 Å². The molecule has 78 valence electrons. The average molecular weight is 198 g/mol. The van der Waals surface area contributed by atoms with E-state index in [2.05, 4.69) is 6.58 Å². The molecule has 0 saturated carbocycles. The second-order valence-corrected chi connectivity index (χ2v) is 3.44. The molecule has 0 amide bonds. The highest BCUT2D eigenvalue weighted by Gasteiger charge is 2.47. The summed E-state index contributed by atoms with van der Waals surface area (Å²) in [5.41, 5.74) is -1.33. The van der Waals surface area contributed by atoms with Crippen molar-refractivity contribution in [3.8, 4) is 0 Å². The molecule has 0 aromatic carbocycles. The van der Waals surface area contributed by atoms with Gasteiger partial charge in [-0.3, -0.25) is 9.59 Å². The Kier molecular flexibility index (Phi) is 3.41. The average Bonchev–Trinajstić information content (AvgIpc) is 2.16. The Bertz CT molecular complexity index is 259. The lowest BCUT2D eigenvalue weighted by Crippen LogP contribution is -2.47. The molecule has 1 fully saturated rings. The fourth-order valence-electron chi connectivity index (χ4n) is 1.58. The van der Waals surface area contributed by atoms with Crippen molar-refractivity contribution in [1.82, 2.24) is 0 Å². The van der Waals surface area contributed by atoms with Gasteiger partial charge in [0.25, 0.3) is 0 Å². The van der Waals surface area contributed by atoms with Crippen LogP contribution in [-0.2, 0) is 14.3 Å². The molecular weight excluding hydrogens is 184 g/mol. The molecule has 0 aliphatic carbocycles. The maximum atomic E-state index is 11.6. The highest BCUT2D eigenvalue weighted by molar-refractivity contribution is 6.03. The summed E-state index contributed by atoms with van der Waals surface area (Å²) in [7, 11) is 0. The van der Waals surface area contributed by atoms with Crippen molar-refractivity contribution in [3.05, 3.63) is 12.7 Å². The van der Waals surface area contributed by atoms with Gasteiger partial charge in [0.15, 0.2) is 5.78 Å². The van der Waals surface area contributed by atoms with Crippen LogP contribution in [0.2, 0.25) is 0 Å². The van der Waals surface area contributed by atoms with Gasteiger partial charge in [0, 0.05) is 6.42 Å². The van der Waals surface area contributed by atoms with Crippen molar-refractivity contribution >= 4 is 11.8 Å². The molecule has 1 aliphatic rings. The van der Waals surface area contributed by atoms with Gasteiger partial charge in [-0.2, -0.15) is 0 Å². The first-order valence-corrected chi connectivity index (χ1v) is 4.59. The number of rotatable bonds is 4. The zero-order valence-corrected chi connectivity index (χ0v) is 7.99. The molecule has 0 bridgehead atoms. The normalized spacial score (nSPS) is 27.3. The molecule has 0 radical (unpaired) electrons. The summed E-state index contributed by atoms with van der Waals surface area (Å²) in [6.07, 6.45) is 2.61. The molecule has 0 spiro atoms. The number of Topliss-reactive ketones (excluding diaryl/α,β-unsaturated/α-hetero) is 1. The van der Waals surface area contributed by atoms with E-state index in [1.165, 1.54) is 0 Å². The van der Waals surface area contributed by atoms with Crippen LogP contribution in [0.4, 0.5) is 0 Å². The monoisotopic (exact) mass is 198 g/mol. The minimum absolute atomic E-state index is 0.00495. The number of carboxylic acid groups (broad SMARTS) is 1. The molecule has 0 aromatic heterocycles. The third-order valence-corrected chi connectivity index (χ3v) is 2.54. The number of ether oxygens (including phenoxy) is 1. The fraction of sp³-hybridized carbons (Fsp3) is 0.600. The molecule has 1 heterocycles. The minimum Gasteiger partial charge on any atom is -0.480 e. The van der Waals surface area contributed by atoms with Crippen molar-refractivity contribution in [2.75, 3.05) is 13.2 Å². The molecule has 0 aromatic rings. The highest BCUT2D eigenvalue weighted by atomic mass is 16.5. The van der Waals surface area contributed by atoms with Crippen molar-refractivity contribution in [1.29, 1.82) is 0 Å². The van der Waals surface area contributed by atoms with Crippen LogP contribution in [0.3, 0.4) is 0 Å². The van der Waals surface area contributed by atoms with Crippen LogP contribution in [0.15, 0.2) is 12.7 Å². The zero-order chi connectivity index (χ0) is 10.6. The number of allylic oxidation sites excluding steroid dienone is 1. The quantitative estimate of drug-likeness (QED) is 0.541. The van der Waals surface area contributed by atoms with Crippen LogP contribution >= 0.6 is 0 Å². The van der Waals surface area contributed by atoms with Gasteiger partial charge in [-0.1, -0.05) is 6.08 Å². The number of aliphatic carboxylic acids is 1. The maximum Gasteiger partial charge on any atom is 0.319 e. The maximum absolute atomic E-state index is 11.6. The van der Waals surface area contributed by atoms with Crippen LogP contribution < -0.4 is 0 Å². The summed E-state index contributed by atoms with van der Waals surface area (Å²) >= 11 is 0. The van der Waals surface area contributed by atoms with Crippen LogP contribution in [-0.4, -0.2) is 30.1 Å². The fourth-order valence-corrected chi connectivity index (χ4v) is 1.58. The van der Waals surface area contributed by atoms with Gasteiger partial charge in [0.05, 0.1) is 13.2 Å². The molecular formula is C10H14O4. The number of carbonyl (C=O) groups excluding carboxylic acids is 1. The predicted octanol–water partition coefficient (Wildman–Crippen LogP) is 1.01. The second-order valence-electron chi connectivity index (χ2n) is 3.44. The van der Waals surface area contributed by atoms with Crippen molar-refractivity contribution in [2.45, 2.75) is 19.3 Å². The van der Waals surface area contributed by atoms with E-state index in [4.69, 9.17) is 9.84 Å². The van der Waals surface area contributed by atoms with E-state index in [1.54, 1.807) is 6.08 Å². The first-order chi connectivity index (χ1) is 6.63. The summed E-state index contributed by atoms with van der Waals surface area (Å²) in [6, 6.07) is 0. The lowest BCUT2D eigenvalue weighted by atomic mass is 9.77. The first-order valence-electron chi connectivity index (χ1n) is 4.59.